The molecule has 92 valence electrons. The summed E-state index contributed by atoms with van der Waals surface area (Å²) in [6.07, 6.45) is 7.05. The largest absolute Gasteiger partial charge is 0.313 e. The van der Waals surface area contributed by atoms with Crippen LogP contribution in [0, 0.1) is 5.92 Å². The van der Waals surface area contributed by atoms with E-state index in [1.165, 1.54) is 38.6 Å². The average Bonchev–Trinajstić information content (AvgIpc) is 2.83. The molecule has 2 unspecified atom stereocenters. The van der Waals surface area contributed by atoms with Gasteiger partial charge in [-0.15, -0.1) is 0 Å². The van der Waals surface area contributed by atoms with Crippen molar-refractivity contribution in [3.05, 3.63) is 35.4 Å². The van der Waals surface area contributed by atoms with E-state index in [4.69, 9.17) is 0 Å². The molecule has 17 heavy (non-hydrogen) atoms. The van der Waals surface area contributed by atoms with E-state index in [1.54, 1.807) is 11.1 Å². The molecule has 3 rings (SSSR count). The molecule has 0 bridgehead atoms. The van der Waals surface area contributed by atoms with E-state index in [-0.39, 0.29) is 0 Å². The molecule has 0 aliphatic heterocycles. The Kier molecular flexibility index (Phi) is 3.19. The van der Waals surface area contributed by atoms with Crippen LogP contribution in [0.4, 0.5) is 0 Å². The molecule has 1 aromatic carbocycles. The highest BCUT2D eigenvalue weighted by atomic mass is 14.9. The lowest BCUT2D eigenvalue weighted by molar-refractivity contribution is 0.365. The molecular formula is C16H23N. The van der Waals surface area contributed by atoms with E-state index in [0.717, 1.165) is 11.8 Å². The van der Waals surface area contributed by atoms with Crippen molar-refractivity contribution >= 4 is 0 Å². The molecule has 2 aliphatic carbocycles. The molecule has 1 nitrogen and oxygen atoms in total. The minimum Gasteiger partial charge on any atom is -0.313 e. The second-order valence-electron chi connectivity index (χ2n) is 5.84. The van der Waals surface area contributed by atoms with E-state index in [2.05, 4.69) is 36.5 Å². The molecule has 1 N–H and O–H groups in total. The Hall–Kier alpha value is -0.820. The van der Waals surface area contributed by atoms with Gasteiger partial charge in [0.15, 0.2) is 0 Å². The molecule has 0 radical (unpaired) electrons. The van der Waals surface area contributed by atoms with Crippen LogP contribution in [-0.2, 0) is 6.42 Å². The molecular weight excluding hydrogens is 206 g/mol. The van der Waals surface area contributed by atoms with E-state index < -0.39 is 0 Å². The van der Waals surface area contributed by atoms with Gasteiger partial charge < -0.3 is 5.32 Å². The van der Waals surface area contributed by atoms with Gasteiger partial charge in [-0.2, -0.15) is 0 Å². The first-order chi connectivity index (χ1) is 8.34. The predicted octanol–water partition coefficient (Wildman–Crippen LogP) is 3.49. The normalized spacial score (nSPS) is 25.4. The molecule has 1 heteroatoms. The van der Waals surface area contributed by atoms with Crippen LogP contribution in [0.25, 0.3) is 0 Å². The fourth-order valence-electron chi connectivity index (χ4n) is 3.50. The summed E-state index contributed by atoms with van der Waals surface area (Å²) in [5, 5.41) is 3.77. The minimum absolute atomic E-state index is 0.713. The molecule has 0 saturated heterocycles. The van der Waals surface area contributed by atoms with E-state index >= 15 is 0 Å². The summed E-state index contributed by atoms with van der Waals surface area (Å²) in [6.45, 7) is 3.55. The molecule has 2 aliphatic rings. The maximum absolute atomic E-state index is 3.77. The third-order valence-electron chi connectivity index (χ3n) is 4.75. The number of benzene rings is 1. The quantitative estimate of drug-likeness (QED) is 0.833. The highest BCUT2D eigenvalue weighted by Crippen LogP contribution is 2.34. The molecule has 0 aromatic heterocycles. The first kappa shape index (κ1) is 11.3. The summed E-state index contributed by atoms with van der Waals surface area (Å²) in [5.74, 6) is 1.71. The number of nitrogens with one attached hydrogen (secondary N) is 1. The van der Waals surface area contributed by atoms with Crippen LogP contribution in [0.5, 0.6) is 0 Å². The Balaban J connectivity index is 1.50. The molecule has 0 spiro atoms. The molecule has 1 fully saturated rings. The van der Waals surface area contributed by atoms with Gasteiger partial charge in [0.1, 0.15) is 0 Å². The lowest BCUT2D eigenvalue weighted by Gasteiger charge is -2.32. The lowest BCUT2D eigenvalue weighted by Crippen LogP contribution is -2.37. The lowest BCUT2D eigenvalue weighted by atomic mass is 9.77. The summed E-state index contributed by atoms with van der Waals surface area (Å²) >= 11 is 0. The molecule has 0 amide bonds. The van der Waals surface area contributed by atoms with Gasteiger partial charge >= 0.3 is 0 Å². The van der Waals surface area contributed by atoms with E-state index in [1.807, 2.05) is 0 Å². The fraction of sp³-hybridized carbons (Fsp3) is 0.625. The van der Waals surface area contributed by atoms with Crippen molar-refractivity contribution in [3.63, 3.8) is 0 Å². The van der Waals surface area contributed by atoms with Crippen molar-refractivity contribution in [1.29, 1.82) is 0 Å². The predicted molar refractivity (Wildman–Crippen MR) is 72.3 cm³/mol. The second-order valence-corrected chi connectivity index (χ2v) is 5.84. The number of hydrogen-bond acceptors (Lipinski definition) is 1. The number of fused-ring (bicyclic) bond motifs is 1. The Morgan fingerprint density at radius 1 is 1.24 bits per heavy atom. The number of hydrogen-bond donors (Lipinski definition) is 1. The van der Waals surface area contributed by atoms with Crippen molar-refractivity contribution < 1.29 is 0 Å². The van der Waals surface area contributed by atoms with Gasteiger partial charge in [-0.1, -0.05) is 37.1 Å². The first-order valence-electron chi connectivity index (χ1n) is 7.16. The summed E-state index contributed by atoms with van der Waals surface area (Å²) in [6, 6.07) is 9.61. The van der Waals surface area contributed by atoms with E-state index in [0.29, 0.717) is 6.04 Å². The van der Waals surface area contributed by atoms with Gasteiger partial charge in [-0.05, 0) is 43.2 Å². The van der Waals surface area contributed by atoms with Crippen LogP contribution >= 0.6 is 0 Å². The van der Waals surface area contributed by atoms with Gasteiger partial charge in [0.05, 0.1) is 0 Å². The monoisotopic (exact) mass is 229 g/mol. The van der Waals surface area contributed by atoms with E-state index in [9.17, 15) is 0 Å². The number of rotatable bonds is 4. The standard InChI is InChI=1S/C16H23N/c1-12(13-6-2-3-7-13)17-11-15-10-14-8-4-5-9-16(14)15/h4-5,8-9,12-13,15,17H,2-3,6-7,10-11H2,1H3. The fourth-order valence-corrected chi connectivity index (χ4v) is 3.50. The molecule has 1 aromatic rings. The molecule has 2 atom stereocenters. The zero-order valence-electron chi connectivity index (χ0n) is 10.8. The van der Waals surface area contributed by atoms with Gasteiger partial charge in [0.2, 0.25) is 0 Å². The first-order valence-corrected chi connectivity index (χ1v) is 7.16. The highest BCUT2D eigenvalue weighted by molar-refractivity contribution is 5.40. The Morgan fingerprint density at radius 2 is 2.00 bits per heavy atom. The summed E-state index contributed by atoms with van der Waals surface area (Å²) in [7, 11) is 0. The Labute approximate surface area is 105 Å². The minimum atomic E-state index is 0.713. The summed E-state index contributed by atoms with van der Waals surface area (Å²) in [5.41, 5.74) is 3.14. The van der Waals surface area contributed by atoms with Crippen LogP contribution in [0.3, 0.4) is 0 Å². The zero-order valence-corrected chi connectivity index (χ0v) is 10.8. The van der Waals surface area contributed by atoms with Crippen molar-refractivity contribution in [2.75, 3.05) is 6.54 Å². The Bertz CT molecular complexity index is 379. The third kappa shape index (κ3) is 2.26. The van der Waals surface area contributed by atoms with Gasteiger partial charge in [0, 0.05) is 18.5 Å². The third-order valence-corrected chi connectivity index (χ3v) is 4.75. The highest BCUT2D eigenvalue weighted by Gasteiger charge is 2.27. The summed E-state index contributed by atoms with van der Waals surface area (Å²) < 4.78 is 0. The summed E-state index contributed by atoms with van der Waals surface area (Å²) in [4.78, 5) is 0. The van der Waals surface area contributed by atoms with Gasteiger partial charge in [-0.25, -0.2) is 0 Å². The van der Waals surface area contributed by atoms with Crippen LogP contribution in [0.1, 0.15) is 49.7 Å². The zero-order chi connectivity index (χ0) is 11.7. The van der Waals surface area contributed by atoms with Crippen LogP contribution in [0.2, 0.25) is 0 Å². The average molecular weight is 229 g/mol. The van der Waals surface area contributed by atoms with Gasteiger partial charge in [0.25, 0.3) is 0 Å². The van der Waals surface area contributed by atoms with Crippen molar-refractivity contribution in [2.24, 2.45) is 5.92 Å². The van der Waals surface area contributed by atoms with Crippen LogP contribution in [-0.4, -0.2) is 12.6 Å². The van der Waals surface area contributed by atoms with Crippen molar-refractivity contribution in [2.45, 2.75) is 51.0 Å². The Morgan fingerprint density at radius 3 is 2.76 bits per heavy atom. The topological polar surface area (TPSA) is 12.0 Å². The molecule has 0 heterocycles. The van der Waals surface area contributed by atoms with Crippen molar-refractivity contribution in [1.82, 2.24) is 5.32 Å². The smallest absolute Gasteiger partial charge is 0.00672 e. The maximum Gasteiger partial charge on any atom is 0.00672 e. The van der Waals surface area contributed by atoms with Crippen LogP contribution < -0.4 is 5.32 Å². The van der Waals surface area contributed by atoms with Gasteiger partial charge in [-0.3, -0.25) is 0 Å². The molecule has 1 saturated carbocycles. The van der Waals surface area contributed by atoms with Crippen LogP contribution in [0.15, 0.2) is 24.3 Å². The SMILES string of the molecule is CC(NCC1Cc2ccccc21)C1CCCC1. The second kappa shape index (κ2) is 4.81. The maximum atomic E-state index is 3.77. The van der Waals surface area contributed by atoms with Crippen molar-refractivity contribution in [3.8, 4) is 0 Å².